The second-order valence-corrected chi connectivity index (χ2v) is 6.07. The summed E-state index contributed by atoms with van der Waals surface area (Å²) in [6, 6.07) is 10.9. The van der Waals surface area contributed by atoms with E-state index in [1.807, 2.05) is 11.8 Å². The van der Waals surface area contributed by atoms with Crippen molar-refractivity contribution in [1.82, 2.24) is 5.32 Å². The van der Waals surface area contributed by atoms with Crippen LogP contribution in [0.15, 0.2) is 46.0 Å². The van der Waals surface area contributed by atoms with Crippen LogP contribution < -0.4 is 5.32 Å². The average molecular weight is 293 g/mol. The van der Waals surface area contributed by atoms with Crippen molar-refractivity contribution in [3.8, 4) is 0 Å². The fourth-order valence-electron chi connectivity index (χ4n) is 1.69. The minimum absolute atomic E-state index is 0.757. The third kappa shape index (κ3) is 5.37. The second-order valence-electron chi connectivity index (χ2n) is 4.24. The SMILES string of the molecule is COCCNCc1cccc(SCc2ccsc2)c1. The molecular formula is C15H19NOS2. The predicted molar refractivity (Wildman–Crippen MR) is 83.9 cm³/mol. The smallest absolute Gasteiger partial charge is 0.0587 e. The Labute approximate surface area is 123 Å². The first-order valence-corrected chi connectivity index (χ1v) is 8.24. The maximum atomic E-state index is 5.02. The molecule has 0 unspecified atom stereocenters. The molecule has 0 aliphatic carbocycles. The molecule has 0 aliphatic rings. The lowest BCUT2D eigenvalue weighted by Gasteiger charge is -2.06. The molecular weight excluding hydrogens is 274 g/mol. The van der Waals surface area contributed by atoms with Crippen LogP contribution in [-0.2, 0) is 17.0 Å². The average Bonchev–Trinajstić information content (AvgIpc) is 2.95. The molecule has 1 aromatic carbocycles. The zero-order valence-electron chi connectivity index (χ0n) is 11.1. The Morgan fingerprint density at radius 3 is 3.00 bits per heavy atom. The minimum Gasteiger partial charge on any atom is -0.383 e. The summed E-state index contributed by atoms with van der Waals surface area (Å²) in [4.78, 5) is 1.33. The van der Waals surface area contributed by atoms with Crippen LogP contribution in [0.3, 0.4) is 0 Å². The van der Waals surface area contributed by atoms with Crippen molar-refractivity contribution < 1.29 is 4.74 Å². The van der Waals surface area contributed by atoms with E-state index in [-0.39, 0.29) is 0 Å². The topological polar surface area (TPSA) is 21.3 Å². The number of rotatable bonds is 8. The molecule has 0 aliphatic heterocycles. The van der Waals surface area contributed by atoms with Gasteiger partial charge in [0.1, 0.15) is 0 Å². The van der Waals surface area contributed by atoms with Crippen molar-refractivity contribution in [2.24, 2.45) is 0 Å². The molecule has 1 N–H and O–H groups in total. The summed E-state index contributed by atoms with van der Waals surface area (Å²) in [6.45, 7) is 2.55. The first-order valence-electron chi connectivity index (χ1n) is 6.31. The van der Waals surface area contributed by atoms with E-state index in [4.69, 9.17) is 4.74 Å². The van der Waals surface area contributed by atoms with E-state index < -0.39 is 0 Å². The van der Waals surface area contributed by atoms with Gasteiger partial charge in [-0.15, -0.1) is 11.8 Å². The fraction of sp³-hybridized carbons (Fsp3) is 0.333. The summed E-state index contributed by atoms with van der Waals surface area (Å²) in [5, 5.41) is 7.71. The Morgan fingerprint density at radius 2 is 2.21 bits per heavy atom. The Balaban J connectivity index is 1.81. The van der Waals surface area contributed by atoms with Gasteiger partial charge in [0.15, 0.2) is 0 Å². The highest BCUT2D eigenvalue weighted by atomic mass is 32.2. The number of thiophene rings is 1. The fourth-order valence-corrected chi connectivity index (χ4v) is 3.39. The highest BCUT2D eigenvalue weighted by Gasteiger charge is 1.99. The van der Waals surface area contributed by atoms with Crippen molar-refractivity contribution in [3.05, 3.63) is 52.2 Å². The molecule has 19 heavy (non-hydrogen) atoms. The summed E-state index contributed by atoms with van der Waals surface area (Å²) < 4.78 is 5.02. The highest BCUT2D eigenvalue weighted by molar-refractivity contribution is 7.98. The lowest BCUT2D eigenvalue weighted by Crippen LogP contribution is -2.18. The molecule has 0 bridgehead atoms. The van der Waals surface area contributed by atoms with E-state index in [9.17, 15) is 0 Å². The Morgan fingerprint density at radius 1 is 1.26 bits per heavy atom. The van der Waals surface area contributed by atoms with E-state index in [1.54, 1.807) is 18.4 Å². The summed E-state index contributed by atoms with van der Waals surface area (Å²) in [7, 11) is 1.73. The van der Waals surface area contributed by atoms with Crippen molar-refractivity contribution >= 4 is 23.1 Å². The zero-order chi connectivity index (χ0) is 13.3. The van der Waals surface area contributed by atoms with Gasteiger partial charge in [0, 0.05) is 30.8 Å². The number of hydrogen-bond donors (Lipinski definition) is 1. The van der Waals surface area contributed by atoms with Gasteiger partial charge in [0.25, 0.3) is 0 Å². The maximum absolute atomic E-state index is 5.02. The second kappa shape index (κ2) is 8.38. The largest absolute Gasteiger partial charge is 0.383 e. The van der Waals surface area contributed by atoms with Gasteiger partial charge in [-0.1, -0.05) is 12.1 Å². The molecule has 0 saturated heterocycles. The van der Waals surface area contributed by atoms with Crippen LogP contribution in [0.2, 0.25) is 0 Å². The van der Waals surface area contributed by atoms with Gasteiger partial charge in [0.2, 0.25) is 0 Å². The van der Waals surface area contributed by atoms with Crippen LogP contribution in [0, 0.1) is 0 Å². The van der Waals surface area contributed by atoms with Crippen LogP contribution in [0.1, 0.15) is 11.1 Å². The molecule has 2 nitrogen and oxygen atoms in total. The van der Waals surface area contributed by atoms with Crippen LogP contribution in [-0.4, -0.2) is 20.3 Å². The maximum Gasteiger partial charge on any atom is 0.0587 e. The number of ether oxygens (including phenoxy) is 1. The van der Waals surface area contributed by atoms with Gasteiger partial charge in [0.05, 0.1) is 6.61 Å². The molecule has 0 amide bonds. The quantitative estimate of drug-likeness (QED) is 0.591. The van der Waals surface area contributed by atoms with Crippen molar-refractivity contribution in [2.45, 2.75) is 17.2 Å². The normalized spacial score (nSPS) is 10.8. The van der Waals surface area contributed by atoms with E-state index in [0.717, 1.165) is 25.4 Å². The Kier molecular flexibility index (Phi) is 6.44. The first-order chi connectivity index (χ1) is 9.38. The molecule has 0 atom stereocenters. The van der Waals surface area contributed by atoms with E-state index >= 15 is 0 Å². The molecule has 1 heterocycles. The lowest BCUT2D eigenvalue weighted by molar-refractivity contribution is 0.199. The van der Waals surface area contributed by atoms with E-state index in [0.29, 0.717) is 0 Å². The number of thioether (sulfide) groups is 1. The summed E-state index contributed by atoms with van der Waals surface area (Å²) in [5.74, 6) is 1.05. The third-order valence-corrected chi connectivity index (χ3v) is 4.49. The summed E-state index contributed by atoms with van der Waals surface area (Å²) >= 11 is 3.65. The van der Waals surface area contributed by atoms with E-state index in [1.165, 1.54) is 16.0 Å². The number of nitrogens with one attached hydrogen (secondary N) is 1. The molecule has 102 valence electrons. The van der Waals surface area contributed by atoms with Crippen LogP contribution in [0.25, 0.3) is 0 Å². The van der Waals surface area contributed by atoms with E-state index in [2.05, 4.69) is 46.4 Å². The Hall–Kier alpha value is -0.810. The lowest BCUT2D eigenvalue weighted by atomic mass is 10.2. The summed E-state index contributed by atoms with van der Waals surface area (Å²) in [6.07, 6.45) is 0. The molecule has 0 fully saturated rings. The molecule has 2 aromatic rings. The van der Waals surface area contributed by atoms with Crippen LogP contribution in [0.5, 0.6) is 0 Å². The van der Waals surface area contributed by atoms with Gasteiger partial charge < -0.3 is 10.1 Å². The van der Waals surface area contributed by atoms with Gasteiger partial charge >= 0.3 is 0 Å². The zero-order valence-corrected chi connectivity index (χ0v) is 12.7. The van der Waals surface area contributed by atoms with Gasteiger partial charge in [-0.3, -0.25) is 0 Å². The highest BCUT2D eigenvalue weighted by Crippen LogP contribution is 2.24. The Bertz CT molecular complexity index is 471. The first kappa shape index (κ1) is 14.6. The number of hydrogen-bond acceptors (Lipinski definition) is 4. The number of methoxy groups -OCH3 is 1. The van der Waals surface area contributed by atoms with Crippen molar-refractivity contribution in [3.63, 3.8) is 0 Å². The van der Waals surface area contributed by atoms with Gasteiger partial charge in [-0.05, 0) is 40.1 Å². The standard InChI is InChI=1S/C15H19NOS2/c1-17-7-6-16-10-13-3-2-4-15(9-13)19-12-14-5-8-18-11-14/h2-5,8-9,11,16H,6-7,10,12H2,1H3. The number of benzene rings is 1. The molecule has 4 heteroatoms. The summed E-state index contributed by atoms with van der Waals surface area (Å²) in [5.41, 5.74) is 2.73. The molecule has 0 radical (unpaired) electrons. The monoisotopic (exact) mass is 293 g/mol. The van der Waals surface area contributed by atoms with Gasteiger partial charge in [-0.25, -0.2) is 0 Å². The molecule has 0 saturated carbocycles. The van der Waals surface area contributed by atoms with Crippen LogP contribution >= 0.6 is 23.1 Å². The predicted octanol–water partition coefficient (Wildman–Crippen LogP) is 3.78. The van der Waals surface area contributed by atoms with Gasteiger partial charge in [-0.2, -0.15) is 11.3 Å². The molecule has 1 aromatic heterocycles. The molecule has 0 spiro atoms. The van der Waals surface area contributed by atoms with Crippen molar-refractivity contribution in [1.29, 1.82) is 0 Å². The van der Waals surface area contributed by atoms with Crippen molar-refractivity contribution in [2.75, 3.05) is 20.3 Å². The van der Waals surface area contributed by atoms with Crippen LogP contribution in [0.4, 0.5) is 0 Å². The minimum atomic E-state index is 0.757. The molecule has 2 rings (SSSR count). The third-order valence-electron chi connectivity index (χ3n) is 2.70.